The van der Waals surface area contributed by atoms with Gasteiger partial charge in [0.05, 0.1) is 18.3 Å². The van der Waals surface area contributed by atoms with Gasteiger partial charge in [-0.3, -0.25) is 9.36 Å². The molecule has 2 heterocycles. The van der Waals surface area contributed by atoms with E-state index in [0.29, 0.717) is 24.2 Å². The van der Waals surface area contributed by atoms with E-state index in [1.165, 1.54) is 4.88 Å². The zero-order valence-corrected chi connectivity index (χ0v) is 13.8. The van der Waals surface area contributed by atoms with Crippen LogP contribution < -0.4 is 16.0 Å². The van der Waals surface area contributed by atoms with Crippen LogP contribution in [-0.4, -0.2) is 16.2 Å². The van der Waals surface area contributed by atoms with E-state index in [9.17, 15) is 4.79 Å². The summed E-state index contributed by atoms with van der Waals surface area (Å²) in [5, 5.41) is 0.716. The summed E-state index contributed by atoms with van der Waals surface area (Å²) in [7, 11) is 0. The third-order valence-corrected chi connectivity index (χ3v) is 4.80. The van der Waals surface area contributed by atoms with Crippen molar-refractivity contribution in [2.75, 3.05) is 12.3 Å². The van der Waals surface area contributed by atoms with Gasteiger partial charge in [0, 0.05) is 17.1 Å². The van der Waals surface area contributed by atoms with Crippen molar-refractivity contribution in [2.45, 2.75) is 26.3 Å². The average Bonchev–Trinajstić information content (AvgIpc) is 2.99. The summed E-state index contributed by atoms with van der Waals surface area (Å²) in [6, 6.07) is 9.25. The van der Waals surface area contributed by atoms with Crippen LogP contribution in [0.2, 0.25) is 0 Å². The monoisotopic (exact) mass is 329 g/mol. The molecule has 0 saturated heterocycles. The van der Waals surface area contributed by atoms with Gasteiger partial charge in [0.2, 0.25) is 0 Å². The average molecular weight is 329 g/mol. The number of hydrogen-bond donors (Lipinski definition) is 1. The van der Waals surface area contributed by atoms with Crippen LogP contribution >= 0.6 is 11.3 Å². The molecule has 120 valence electrons. The number of anilines is 1. The van der Waals surface area contributed by atoms with E-state index >= 15 is 0 Å². The first-order valence-electron chi connectivity index (χ1n) is 7.63. The van der Waals surface area contributed by atoms with Gasteiger partial charge in [-0.05, 0) is 43.2 Å². The number of benzene rings is 1. The zero-order valence-electron chi connectivity index (χ0n) is 13.0. The fraction of sp³-hybridized carbons (Fsp3) is 0.294. The molecule has 3 rings (SSSR count). The van der Waals surface area contributed by atoms with Crippen molar-refractivity contribution in [3.63, 3.8) is 0 Å². The van der Waals surface area contributed by atoms with Crippen LogP contribution in [0.15, 0.2) is 41.5 Å². The van der Waals surface area contributed by atoms with E-state index in [2.05, 4.69) is 11.9 Å². The lowest BCUT2D eigenvalue weighted by Gasteiger charge is -2.07. The van der Waals surface area contributed by atoms with Gasteiger partial charge in [0.25, 0.3) is 5.56 Å². The molecule has 3 aromatic rings. The van der Waals surface area contributed by atoms with E-state index in [1.54, 1.807) is 34.4 Å². The SMILES string of the molecule is CCc1cc2c(=O)n(CCCOc3ccc(N)cc3)cnc2s1. The number of nitrogen functional groups attached to an aromatic ring is 1. The first-order chi connectivity index (χ1) is 11.2. The van der Waals surface area contributed by atoms with E-state index < -0.39 is 0 Å². The Morgan fingerprint density at radius 2 is 2.09 bits per heavy atom. The maximum atomic E-state index is 12.4. The predicted molar refractivity (Wildman–Crippen MR) is 94.2 cm³/mol. The van der Waals surface area contributed by atoms with Crippen molar-refractivity contribution in [3.05, 3.63) is 51.9 Å². The molecule has 0 unspecified atom stereocenters. The minimum absolute atomic E-state index is 0.0263. The molecule has 0 aliphatic rings. The second-order valence-corrected chi connectivity index (χ2v) is 6.41. The van der Waals surface area contributed by atoms with Crippen LogP contribution in [0.4, 0.5) is 5.69 Å². The van der Waals surface area contributed by atoms with E-state index in [0.717, 1.165) is 23.4 Å². The number of nitrogens with two attached hydrogens (primary N) is 1. The molecular formula is C17H19N3O2S. The van der Waals surface area contributed by atoms with Gasteiger partial charge in [-0.1, -0.05) is 6.92 Å². The molecule has 1 aromatic carbocycles. The second-order valence-electron chi connectivity index (χ2n) is 5.30. The summed E-state index contributed by atoms with van der Waals surface area (Å²) in [5.41, 5.74) is 6.37. The van der Waals surface area contributed by atoms with Crippen molar-refractivity contribution < 1.29 is 4.74 Å². The molecule has 0 atom stereocenters. The molecular weight excluding hydrogens is 310 g/mol. The minimum Gasteiger partial charge on any atom is -0.494 e. The number of rotatable bonds is 6. The Morgan fingerprint density at radius 3 is 2.83 bits per heavy atom. The molecule has 5 nitrogen and oxygen atoms in total. The molecule has 0 fully saturated rings. The lowest BCUT2D eigenvalue weighted by molar-refractivity contribution is 0.301. The van der Waals surface area contributed by atoms with Gasteiger partial charge < -0.3 is 10.5 Å². The summed E-state index contributed by atoms with van der Waals surface area (Å²) in [6.07, 6.45) is 3.29. The Hall–Kier alpha value is -2.34. The fourth-order valence-corrected chi connectivity index (χ4v) is 3.26. The Morgan fingerprint density at radius 1 is 1.30 bits per heavy atom. The number of fused-ring (bicyclic) bond motifs is 1. The van der Waals surface area contributed by atoms with E-state index in [-0.39, 0.29) is 5.56 Å². The highest BCUT2D eigenvalue weighted by Crippen LogP contribution is 2.21. The largest absolute Gasteiger partial charge is 0.494 e. The summed E-state index contributed by atoms with van der Waals surface area (Å²) < 4.78 is 7.30. The second kappa shape index (κ2) is 6.83. The number of hydrogen-bond acceptors (Lipinski definition) is 5. The number of thiophene rings is 1. The van der Waals surface area contributed by atoms with Crippen molar-refractivity contribution in [1.82, 2.24) is 9.55 Å². The number of ether oxygens (including phenoxy) is 1. The minimum atomic E-state index is 0.0263. The Labute approximate surface area is 138 Å². The van der Waals surface area contributed by atoms with Gasteiger partial charge >= 0.3 is 0 Å². The highest BCUT2D eigenvalue weighted by molar-refractivity contribution is 7.18. The van der Waals surface area contributed by atoms with Gasteiger partial charge in [-0.25, -0.2) is 4.98 Å². The van der Waals surface area contributed by atoms with Gasteiger partial charge in [-0.2, -0.15) is 0 Å². The summed E-state index contributed by atoms with van der Waals surface area (Å²) in [5.74, 6) is 0.783. The Kier molecular flexibility index (Phi) is 4.62. The standard InChI is InChI=1S/C17H19N3O2S/c1-2-14-10-15-16(23-14)19-11-20(17(15)21)8-3-9-22-13-6-4-12(18)5-7-13/h4-7,10-11H,2-3,8-9,18H2,1H3. The summed E-state index contributed by atoms with van der Waals surface area (Å²) in [4.78, 5) is 18.8. The van der Waals surface area contributed by atoms with Crippen molar-refractivity contribution in [2.24, 2.45) is 0 Å². The number of nitrogens with zero attached hydrogens (tertiary/aromatic N) is 2. The van der Waals surface area contributed by atoms with Crippen LogP contribution in [0.3, 0.4) is 0 Å². The Bertz CT molecular complexity index is 852. The van der Waals surface area contributed by atoms with E-state index in [4.69, 9.17) is 10.5 Å². The van der Waals surface area contributed by atoms with Crippen LogP contribution in [0.5, 0.6) is 5.75 Å². The first-order valence-corrected chi connectivity index (χ1v) is 8.45. The molecule has 0 aliphatic heterocycles. The molecule has 0 amide bonds. The molecule has 0 spiro atoms. The maximum Gasteiger partial charge on any atom is 0.262 e. The van der Waals surface area contributed by atoms with Crippen LogP contribution in [0.1, 0.15) is 18.2 Å². The molecule has 0 bridgehead atoms. The zero-order chi connectivity index (χ0) is 16.2. The number of aryl methyl sites for hydroxylation is 2. The van der Waals surface area contributed by atoms with Gasteiger partial charge in [-0.15, -0.1) is 11.3 Å². The van der Waals surface area contributed by atoms with Gasteiger partial charge in [0.15, 0.2) is 0 Å². The molecule has 2 N–H and O–H groups in total. The third kappa shape index (κ3) is 3.53. The molecule has 23 heavy (non-hydrogen) atoms. The van der Waals surface area contributed by atoms with Crippen molar-refractivity contribution >= 4 is 27.2 Å². The van der Waals surface area contributed by atoms with E-state index in [1.807, 2.05) is 18.2 Å². The van der Waals surface area contributed by atoms with Crippen LogP contribution in [-0.2, 0) is 13.0 Å². The summed E-state index contributed by atoms with van der Waals surface area (Å²) in [6.45, 7) is 3.21. The molecule has 6 heteroatoms. The normalized spacial score (nSPS) is 11.0. The molecule has 0 aliphatic carbocycles. The smallest absolute Gasteiger partial charge is 0.262 e. The third-order valence-electron chi connectivity index (χ3n) is 3.61. The molecule has 0 radical (unpaired) electrons. The molecule has 2 aromatic heterocycles. The number of aromatic nitrogens is 2. The van der Waals surface area contributed by atoms with Gasteiger partial charge in [0.1, 0.15) is 10.6 Å². The summed E-state index contributed by atoms with van der Waals surface area (Å²) >= 11 is 1.59. The quantitative estimate of drug-likeness (QED) is 0.557. The maximum absolute atomic E-state index is 12.4. The van der Waals surface area contributed by atoms with Crippen LogP contribution in [0, 0.1) is 0 Å². The lowest BCUT2D eigenvalue weighted by Crippen LogP contribution is -2.21. The fourth-order valence-electron chi connectivity index (χ4n) is 2.33. The molecule has 0 saturated carbocycles. The lowest BCUT2D eigenvalue weighted by atomic mass is 10.3. The predicted octanol–water partition coefficient (Wildman–Crippen LogP) is 3.07. The Balaban J connectivity index is 1.62. The highest BCUT2D eigenvalue weighted by atomic mass is 32.1. The van der Waals surface area contributed by atoms with Crippen LogP contribution in [0.25, 0.3) is 10.2 Å². The topological polar surface area (TPSA) is 70.1 Å². The first kappa shape index (κ1) is 15.6. The van der Waals surface area contributed by atoms with Crippen molar-refractivity contribution in [1.29, 1.82) is 0 Å². The van der Waals surface area contributed by atoms with Crippen molar-refractivity contribution in [3.8, 4) is 5.75 Å². The highest BCUT2D eigenvalue weighted by Gasteiger charge is 2.08.